The number of ether oxygens (including phenoxy) is 1. The molecule has 5 nitrogen and oxygen atoms in total. The number of aliphatic imine (C=N–C) groups is 1. The normalized spacial score (nSPS) is 28.6. The third-order valence-electron chi connectivity index (χ3n) is 4.10. The van der Waals surface area contributed by atoms with Gasteiger partial charge in [0.1, 0.15) is 6.10 Å². The molecule has 2 fully saturated rings. The van der Waals surface area contributed by atoms with E-state index in [4.69, 9.17) is 4.74 Å². The van der Waals surface area contributed by atoms with Gasteiger partial charge in [-0.25, -0.2) is 4.98 Å². The number of nitrogens with zero attached hydrogens (tertiary/aromatic N) is 3. The van der Waals surface area contributed by atoms with E-state index in [1.165, 1.54) is 6.42 Å². The minimum Gasteiger partial charge on any atom is -0.472 e. The van der Waals surface area contributed by atoms with E-state index < -0.39 is 0 Å². The van der Waals surface area contributed by atoms with Crippen LogP contribution in [0.4, 0.5) is 0 Å². The van der Waals surface area contributed by atoms with Gasteiger partial charge in [-0.05, 0) is 25.3 Å². The van der Waals surface area contributed by atoms with Gasteiger partial charge in [-0.3, -0.25) is 4.99 Å². The van der Waals surface area contributed by atoms with Gasteiger partial charge >= 0.3 is 0 Å². The number of pyridine rings is 1. The Hall–Kier alpha value is -1.78. The molecule has 2 heterocycles. The molecule has 1 aromatic rings. The van der Waals surface area contributed by atoms with Crippen molar-refractivity contribution in [2.24, 2.45) is 10.9 Å². The summed E-state index contributed by atoms with van der Waals surface area (Å²) in [4.78, 5) is 11.2. The molecule has 1 N–H and O–H groups in total. The molecule has 21 heavy (non-hydrogen) atoms. The number of rotatable bonds is 4. The molecule has 1 saturated carbocycles. The van der Waals surface area contributed by atoms with Crippen LogP contribution in [0.5, 0.6) is 5.88 Å². The molecule has 0 aromatic carbocycles. The highest BCUT2D eigenvalue weighted by Crippen LogP contribution is 2.29. The van der Waals surface area contributed by atoms with Crippen LogP contribution in [0.15, 0.2) is 29.4 Å². The van der Waals surface area contributed by atoms with Crippen LogP contribution in [0.2, 0.25) is 0 Å². The Morgan fingerprint density at radius 2 is 2.38 bits per heavy atom. The summed E-state index contributed by atoms with van der Waals surface area (Å²) in [6, 6.07) is 6.37. The quantitative estimate of drug-likeness (QED) is 0.679. The minimum atomic E-state index is 0.195. The predicted molar refractivity (Wildman–Crippen MR) is 83.5 cm³/mol. The topological polar surface area (TPSA) is 49.8 Å². The van der Waals surface area contributed by atoms with Crippen LogP contribution in [-0.2, 0) is 0 Å². The van der Waals surface area contributed by atoms with Gasteiger partial charge in [-0.2, -0.15) is 0 Å². The zero-order chi connectivity index (χ0) is 14.7. The lowest BCUT2D eigenvalue weighted by Crippen LogP contribution is -2.42. The van der Waals surface area contributed by atoms with Crippen LogP contribution in [-0.4, -0.2) is 47.6 Å². The maximum atomic E-state index is 5.94. The summed E-state index contributed by atoms with van der Waals surface area (Å²) in [7, 11) is 0. The molecule has 0 radical (unpaired) electrons. The van der Waals surface area contributed by atoms with E-state index >= 15 is 0 Å². The van der Waals surface area contributed by atoms with Crippen LogP contribution in [0.25, 0.3) is 0 Å². The predicted octanol–water partition coefficient (Wildman–Crippen LogP) is 1.91. The first-order valence-corrected chi connectivity index (χ1v) is 7.90. The highest BCUT2D eigenvalue weighted by Gasteiger charge is 2.35. The summed E-state index contributed by atoms with van der Waals surface area (Å²) in [6.07, 6.45) is 4.23. The molecule has 1 aliphatic heterocycles. The van der Waals surface area contributed by atoms with E-state index in [-0.39, 0.29) is 6.10 Å². The van der Waals surface area contributed by atoms with Gasteiger partial charge < -0.3 is 15.0 Å². The molecular weight excluding hydrogens is 264 g/mol. The Labute approximate surface area is 126 Å². The number of nitrogens with one attached hydrogen (secondary N) is 1. The van der Waals surface area contributed by atoms with E-state index in [1.54, 1.807) is 6.20 Å². The van der Waals surface area contributed by atoms with Gasteiger partial charge in [0.05, 0.1) is 6.54 Å². The van der Waals surface area contributed by atoms with Gasteiger partial charge in [-0.15, -0.1) is 0 Å². The zero-order valence-electron chi connectivity index (χ0n) is 12.8. The van der Waals surface area contributed by atoms with Crippen molar-refractivity contribution >= 4 is 5.96 Å². The summed E-state index contributed by atoms with van der Waals surface area (Å²) < 4.78 is 5.94. The van der Waals surface area contributed by atoms with Crippen LogP contribution < -0.4 is 10.1 Å². The fourth-order valence-corrected chi connectivity index (χ4v) is 2.68. The van der Waals surface area contributed by atoms with Crippen molar-refractivity contribution in [1.82, 2.24) is 15.2 Å². The van der Waals surface area contributed by atoms with Crippen molar-refractivity contribution in [2.45, 2.75) is 38.8 Å². The van der Waals surface area contributed by atoms with Gasteiger partial charge in [0.2, 0.25) is 5.88 Å². The monoisotopic (exact) mass is 288 g/mol. The molecular formula is C16H24N4O. The van der Waals surface area contributed by atoms with Crippen molar-refractivity contribution in [2.75, 3.05) is 19.6 Å². The Balaban J connectivity index is 1.56. The zero-order valence-corrected chi connectivity index (χ0v) is 12.8. The van der Waals surface area contributed by atoms with Crippen molar-refractivity contribution in [3.05, 3.63) is 24.4 Å². The van der Waals surface area contributed by atoms with Crippen LogP contribution in [0, 0.1) is 5.92 Å². The standard InChI is InChI=1S/C16H24N4O/c1-3-17-16(19-14-10-12(14)2)20-9-7-13(11-20)21-15-6-4-5-8-18-15/h4-6,8,12-14H,3,7,9-11H2,1-2H3,(H,17,19). The fourth-order valence-electron chi connectivity index (χ4n) is 2.68. The number of likely N-dealkylation sites (tertiary alicyclic amines) is 1. The van der Waals surface area contributed by atoms with E-state index in [2.05, 4.69) is 34.0 Å². The molecule has 2 aliphatic rings. The Morgan fingerprint density at radius 1 is 1.52 bits per heavy atom. The molecule has 1 aliphatic carbocycles. The summed E-state index contributed by atoms with van der Waals surface area (Å²) >= 11 is 0. The van der Waals surface area contributed by atoms with Crippen LogP contribution >= 0.6 is 0 Å². The van der Waals surface area contributed by atoms with Crippen molar-refractivity contribution in [1.29, 1.82) is 0 Å². The van der Waals surface area contributed by atoms with E-state index in [0.29, 0.717) is 11.9 Å². The molecule has 1 aromatic heterocycles. The number of hydrogen-bond donors (Lipinski definition) is 1. The molecule has 0 bridgehead atoms. The average molecular weight is 288 g/mol. The maximum Gasteiger partial charge on any atom is 0.213 e. The molecule has 1 saturated heterocycles. The first-order valence-electron chi connectivity index (χ1n) is 7.90. The van der Waals surface area contributed by atoms with Gasteiger partial charge in [0.15, 0.2) is 5.96 Å². The second kappa shape index (κ2) is 6.33. The molecule has 0 amide bonds. The lowest BCUT2D eigenvalue weighted by Gasteiger charge is -2.22. The number of hydrogen-bond acceptors (Lipinski definition) is 3. The van der Waals surface area contributed by atoms with Gasteiger partial charge in [0, 0.05) is 37.8 Å². The van der Waals surface area contributed by atoms with Crippen LogP contribution in [0.1, 0.15) is 26.7 Å². The minimum absolute atomic E-state index is 0.195. The number of aromatic nitrogens is 1. The smallest absolute Gasteiger partial charge is 0.213 e. The van der Waals surface area contributed by atoms with E-state index in [1.807, 2.05) is 18.2 Å². The summed E-state index contributed by atoms with van der Waals surface area (Å²) in [5.74, 6) is 2.52. The van der Waals surface area contributed by atoms with Gasteiger partial charge in [-0.1, -0.05) is 13.0 Å². The van der Waals surface area contributed by atoms with E-state index in [0.717, 1.165) is 37.9 Å². The summed E-state index contributed by atoms with van der Waals surface area (Å²) in [6.45, 7) is 7.04. The largest absolute Gasteiger partial charge is 0.472 e. The second-order valence-electron chi connectivity index (χ2n) is 5.90. The lowest BCUT2D eigenvalue weighted by atomic mass is 10.3. The fraction of sp³-hybridized carbons (Fsp3) is 0.625. The van der Waals surface area contributed by atoms with E-state index in [9.17, 15) is 0 Å². The summed E-state index contributed by atoms with van der Waals surface area (Å²) in [5.41, 5.74) is 0. The lowest BCUT2D eigenvalue weighted by molar-refractivity contribution is 0.205. The van der Waals surface area contributed by atoms with Crippen LogP contribution in [0.3, 0.4) is 0 Å². The molecule has 0 spiro atoms. The Kier molecular flexibility index (Phi) is 4.27. The Bertz CT molecular complexity index is 490. The average Bonchev–Trinajstić information content (AvgIpc) is 2.99. The molecule has 3 atom stereocenters. The van der Waals surface area contributed by atoms with Gasteiger partial charge in [0.25, 0.3) is 0 Å². The van der Waals surface area contributed by atoms with Crippen molar-refractivity contribution < 1.29 is 4.74 Å². The summed E-state index contributed by atoms with van der Waals surface area (Å²) in [5, 5.41) is 3.57. The SMILES string of the molecule is CCN=C(NC1CC1C)N1CCC(Oc2ccccn2)C1. The maximum absolute atomic E-state index is 5.94. The second-order valence-corrected chi connectivity index (χ2v) is 5.90. The Morgan fingerprint density at radius 3 is 3.05 bits per heavy atom. The highest BCUT2D eigenvalue weighted by atomic mass is 16.5. The molecule has 114 valence electrons. The third kappa shape index (κ3) is 3.65. The molecule has 3 rings (SSSR count). The third-order valence-corrected chi connectivity index (χ3v) is 4.10. The molecule has 3 unspecified atom stereocenters. The van der Waals surface area contributed by atoms with Crippen molar-refractivity contribution in [3.8, 4) is 5.88 Å². The first-order chi connectivity index (χ1) is 10.3. The highest BCUT2D eigenvalue weighted by molar-refractivity contribution is 5.81. The van der Waals surface area contributed by atoms with Crippen molar-refractivity contribution in [3.63, 3.8) is 0 Å². The molecule has 5 heteroatoms. The number of guanidine groups is 1. The first kappa shape index (κ1) is 14.2.